The van der Waals surface area contributed by atoms with Crippen molar-refractivity contribution in [1.82, 2.24) is 20.2 Å². The van der Waals surface area contributed by atoms with Crippen LogP contribution in [0.4, 0.5) is 0 Å². The van der Waals surface area contributed by atoms with Crippen LogP contribution in [-0.2, 0) is 6.54 Å². The highest BCUT2D eigenvalue weighted by atomic mass is 35.5. The Hall–Kier alpha value is -2.28. The zero-order chi connectivity index (χ0) is 19.3. The summed E-state index contributed by atoms with van der Waals surface area (Å²) in [7, 11) is 0. The Morgan fingerprint density at radius 3 is 2.43 bits per heavy atom. The molecular weight excluding hydrogens is 372 g/mol. The van der Waals surface area contributed by atoms with E-state index in [0.717, 1.165) is 42.6 Å². The zero-order valence-electron chi connectivity index (χ0n) is 16.2. The summed E-state index contributed by atoms with van der Waals surface area (Å²) in [4.78, 5) is 3.14. The molecule has 1 aliphatic heterocycles. The summed E-state index contributed by atoms with van der Waals surface area (Å²) < 4.78 is 1.93. The van der Waals surface area contributed by atoms with E-state index < -0.39 is 0 Å². The summed E-state index contributed by atoms with van der Waals surface area (Å²) in [5.74, 6) is 0.881. The summed E-state index contributed by atoms with van der Waals surface area (Å²) in [6.45, 7) is 8.57. The van der Waals surface area contributed by atoms with Gasteiger partial charge in [-0.05, 0) is 29.0 Å². The Balaban J connectivity index is 1.69. The Kier molecular flexibility index (Phi) is 6.00. The van der Waals surface area contributed by atoms with Crippen molar-refractivity contribution >= 4 is 11.6 Å². The van der Waals surface area contributed by atoms with Gasteiger partial charge in [-0.1, -0.05) is 60.1 Å². The Bertz CT molecular complexity index is 889. The fourth-order valence-corrected chi connectivity index (χ4v) is 4.35. The van der Waals surface area contributed by atoms with Crippen molar-refractivity contribution in [2.24, 2.45) is 0 Å². The number of hydrogen-bond acceptors (Lipinski definition) is 3. The molecule has 6 nitrogen and oxygen atoms in total. The first-order chi connectivity index (χ1) is 13.8. The summed E-state index contributed by atoms with van der Waals surface area (Å²) in [5, 5.41) is 13.6. The van der Waals surface area contributed by atoms with Crippen molar-refractivity contribution < 1.29 is 9.80 Å². The normalized spacial score (nSPS) is 20.8. The number of halogens is 1. The second-order valence-electron chi connectivity index (χ2n) is 7.40. The van der Waals surface area contributed by atoms with Crippen LogP contribution in [0.5, 0.6) is 0 Å². The van der Waals surface area contributed by atoms with Crippen molar-refractivity contribution in [3.05, 3.63) is 76.6 Å². The quantitative estimate of drug-likeness (QED) is 0.626. The van der Waals surface area contributed by atoms with E-state index in [0.29, 0.717) is 6.54 Å². The van der Waals surface area contributed by atoms with Crippen LogP contribution in [-0.4, -0.2) is 52.9 Å². The Morgan fingerprint density at radius 1 is 1.00 bits per heavy atom. The van der Waals surface area contributed by atoms with Crippen LogP contribution < -0.4 is 9.80 Å². The third kappa shape index (κ3) is 4.09. The molecule has 0 aliphatic carbocycles. The molecule has 1 saturated heterocycles. The first-order valence-corrected chi connectivity index (χ1v) is 10.4. The maximum atomic E-state index is 6.63. The molecule has 28 heavy (non-hydrogen) atoms. The van der Waals surface area contributed by atoms with Crippen LogP contribution >= 0.6 is 11.6 Å². The van der Waals surface area contributed by atoms with Gasteiger partial charge < -0.3 is 9.80 Å². The first kappa shape index (κ1) is 19.1. The molecule has 7 heteroatoms. The van der Waals surface area contributed by atoms with Crippen molar-refractivity contribution in [1.29, 1.82) is 0 Å². The third-order valence-corrected chi connectivity index (χ3v) is 6.06. The molecule has 4 rings (SSSR count). The average molecular weight is 399 g/mol. The fraction of sp³-hybridized carbons (Fsp3) is 0.381. The van der Waals surface area contributed by atoms with Crippen LogP contribution in [0, 0.1) is 0 Å². The molecule has 2 heterocycles. The molecule has 146 valence electrons. The highest BCUT2D eigenvalue weighted by molar-refractivity contribution is 6.31. The minimum atomic E-state index is 0.0332. The summed E-state index contributed by atoms with van der Waals surface area (Å²) in [6.07, 6.45) is 0. The van der Waals surface area contributed by atoms with E-state index in [1.54, 1.807) is 4.90 Å². The summed E-state index contributed by atoms with van der Waals surface area (Å²) in [6, 6.07) is 18.4. The molecule has 2 aromatic carbocycles. The van der Waals surface area contributed by atoms with Gasteiger partial charge in [0.2, 0.25) is 5.82 Å². The van der Waals surface area contributed by atoms with Crippen LogP contribution in [0.2, 0.25) is 5.02 Å². The Morgan fingerprint density at radius 2 is 1.71 bits per heavy atom. The summed E-state index contributed by atoms with van der Waals surface area (Å²) >= 11 is 6.63. The molecule has 2 N–H and O–H groups in total. The lowest BCUT2D eigenvalue weighted by molar-refractivity contribution is -1.02. The predicted molar refractivity (Wildman–Crippen MR) is 109 cm³/mol. The third-order valence-electron chi connectivity index (χ3n) is 5.72. The van der Waals surface area contributed by atoms with Crippen LogP contribution in [0.15, 0.2) is 54.6 Å². The van der Waals surface area contributed by atoms with Gasteiger partial charge in [-0.2, -0.15) is 0 Å². The first-order valence-electron chi connectivity index (χ1n) is 9.98. The number of likely N-dealkylation sites (N-methyl/N-ethyl adjacent to an activating group) is 1. The smallest absolute Gasteiger partial charge is 0.214 e. The fourth-order valence-electron chi connectivity index (χ4n) is 4.10. The molecule has 1 atom stereocenters. The van der Waals surface area contributed by atoms with Gasteiger partial charge in [0.15, 0.2) is 6.04 Å². The maximum absolute atomic E-state index is 6.63. The number of piperazine rings is 1. The van der Waals surface area contributed by atoms with Crippen molar-refractivity contribution in [3.8, 4) is 0 Å². The number of rotatable bonds is 6. The number of nitrogens with one attached hydrogen (secondary N) is 2. The van der Waals surface area contributed by atoms with Crippen LogP contribution in [0.1, 0.15) is 29.9 Å². The highest BCUT2D eigenvalue weighted by Gasteiger charge is 2.36. The van der Waals surface area contributed by atoms with Crippen LogP contribution in [0.3, 0.4) is 0 Å². The van der Waals surface area contributed by atoms with E-state index in [4.69, 9.17) is 11.6 Å². The average Bonchev–Trinajstić information content (AvgIpc) is 3.18. The highest BCUT2D eigenvalue weighted by Crippen LogP contribution is 2.25. The van der Waals surface area contributed by atoms with Gasteiger partial charge in [-0.15, -0.1) is 5.10 Å². The van der Waals surface area contributed by atoms with E-state index in [1.165, 1.54) is 17.0 Å². The molecular formula is C21H27ClN6+2. The topological polar surface area (TPSA) is 52.5 Å². The number of benzene rings is 2. The van der Waals surface area contributed by atoms with Crippen molar-refractivity contribution in [2.45, 2.75) is 19.5 Å². The van der Waals surface area contributed by atoms with Gasteiger partial charge in [-0.3, -0.25) is 0 Å². The lowest BCUT2D eigenvalue weighted by atomic mass is 10.0. The van der Waals surface area contributed by atoms with Gasteiger partial charge in [0.25, 0.3) is 0 Å². The molecule has 0 amide bonds. The minimum Gasteiger partial charge on any atom is -0.326 e. The molecule has 1 aliphatic rings. The molecule has 1 fully saturated rings. The van der Waals surface area contributed by atoms with Gasteiger partial charge in [-0.25, -0.2) is 4.68 Å². The molecule has 3 aromatic rings. The number of quaternary nitrogens is 2. The number of nitrogens with zero attached hydrogens (tertiary/aromatic N) is 4. The Labute approximate surface area is 170 Å². The number of hydrogen-bond donors (Lipinski definition) is 2. The van der Waals surface area contributed by atoms with E-state index in [9.17, 15) is 0 Å². The van der Waals surface area contributed by atoms with Gasteiger partial charge >= 0.3 is 0 Å². The summed E-state index contributed by atoms with van der Waals surface area (Å²) in [5.41, 5.74) is 2.28. The lowest BCUT2D eigenvalue weighted by Crippen LogP contribution is -3.28. The molecule has 0 unspecified atom stereocenters. The van der Waals surface area contributed by atoms with E-state index in [1.807, 2.05) is 41.1 Å². The number of aromatic nitrogens is 4. The van der Waals surface area contributed by atoms with Gasteiger partial charge in [0, 0.05) is 5.56 Å². The van der Waals surface area contributed by atoms with Gasteiger partial charge in [0.1, 0.15) is 26.2 Å². The lowest BCUT2D eigenvalue weighted by Gasteiger charge is -2.34. The SMILES string of the molecule is CC[NH+]1CC[NH+]([C@H](c2ccccc2Cl)c2nnnn2Cc2ccccc2)CC1. The van der Waals surface area contributed by atoms with E-state index in [-0.39, 0.29) is 6.04 Å². The van der Waals surface area contributed by atoms with Crippen molar-refractivity contribution in [3.63, 3.8) is 0 Å². The maximum Gasteiger partial charge on any atom is 0.214 e. The second kappa shape index (κ2) is 8.82. The number of tetrazole rings is 1. The second-order valence-corrected chi connectivity index (χ2v) is 7.80. The standard InChI is InChI=1S/C21H25ClN6/c1-2-26-12-14-27(15-13-26)20(18-10-6-7-11-19(18)22)21-23-24-25-28(21)16-17-8-4-3-5-9-17/h3-11,20H,2,12-16H2,1H3/p+2/t20-/m1/s1. The molecule has 1 aromatic heterocycles. The monoisotopic (exact) mass is 398 g/mol. The van der Waals surface area contributed by atoms with E-state index >= 15 is 0 Å². The zero-order valence-corrected chi connectivity index (χ0v) is 16.9. The molecule has 0 saturated carbocycles. The van der Waals surface area contributed by atoms with Gasteiger partial charge in [0.05, 0.1) is 18.1 Å². The molecule has 0 spiro atoms. The predicted octanol–water partition coefficient (Wildman–Crippen LogP) is 0.268. The minimum absolute atomic E-state index is 0.0332. The van der Waals surface area contributed by atoms with Crippen molar-refractivity contribution in [2.75, 3.05) is 32.7 Å². The largest absolute Gasteiger partial charge is 0.326 e. The molecule has 0 bridgehead atoms. The van der Waals surface area contributed by atoms with Crippen LogP contribution in [0.25, 0.3) is 0 Å². The van der Waals surface area contributed by atoms with E-state index in [2.05, 4.69) is 40.6 Å². The molecule has 0 radical (unpaired) electrons.